The molecule has 0 aromatic rings. The Bertz CT molecular complexity index is 95.0. The van der Waals surface area contributed by atoms with Gasteiger partial charge in [-0.3, -0.25) is 0 Å². The molecule has 0 amide bonds. The van der Waals surface area contributed by atoms with Crippen LogP contribution in [0.1, 0.15) is 19.3 Å². The smallest absolute Gasteiger partial charge is 0.0443 e. The van der Waals surface area contributed by atoms with Crippen LogP contribution in [0.15, 0.2) is 0 Å². The van der Waals surface area contributed by atoms with E-state index in [-0.39, 0.29) is 0 Å². The highest BCUT2D eigenvalue weighted by Crippen LogP contribution is 2.15. The highest BCUT2D eigenvalue weighted by atomic mass is 16.3. The van der Waals surface area contributed by atoms with Gasteiger partial charge in [0.15, 0.2) is 0 Å². The minimum atomic E-state index is 0.324. The molecule has 11 heavy (non-hydrogen) atoms. The average molecular weight is 156 g/mol. The van der Waals surface area contributed by atoms with Crippen molar-refractivity contribution >= 4 is 0 Å². The van der Waals surface area contributed by atoms with Crippen molar-refractivity contribution in [2.24, 2.45) is 5.92 Å². The fourth-order valence-corrected chi connectivity index (χ4v) is 1.50. The quantitative estimate of drug-likeness (QED) is 0.656. The van der Waals surface area contributed by atoms with E-state index in [9.17, 15) is 0 Å². The predicted octanol–water partition coefficient (Wildman–Crippen LogP) is 0.915. The van der Waals surface area contributed by atoms with Crippen LogP contribution in [0, 0.1) is 12.8 Å². The Morgan fingerprint density at radius 1 is 1.36 bits per heavy atom. The van der Waals surface area contributed by atoms with Crippen molar-refractivity contribution in [2.75, 3.05) is 26.2 Å². The van der Waals surface area contributed by atoms with E-state index >= 15 is 0 Å². The maximum absolute atomic E-state index is 8.61. The monoisotopic (exact) mass is 156 g/mol. The van der Waals surface area contributed by atoms with E-state index in [0.29, 0.717) is 12.5 Å². The molecule has 1 fully saturated rings. The minimum absolute atomic E-state index is 0.324. The number of aliphatic hydroxyl groups excluding tert-OH is 1. The molecule has 0 aliphatic carbocycles. The summed E-state index contributed by atoms with van der Waals surface area (Å²) in [5.41, 5.74) is 0. The number of likely N-dealkylation sites (tertiary alicyclic amines) is 1. The second-order valence-corrected chi connectivity index (χ2v) is 3.36. The molecule has 1 heterocycles. The highest BCUT2D eigenvalue weighted by Gasteiger charge is 2.14. The van der Waals surface area contributed by atoms with Gasteiger partial charge in [-0.1, -0.05) is 6.92 Å². The number of rotatable bonds is 3. The molecule has 0 saturated carbocycles. The molecule has 1 aliphatic heterocycles. The first-order valence-corrected chi connectivity index (χ1v) is 4.49. The first-order valence-electron chi connectivity index (χ1n) is 4.49. The molecule has 0 spiro atoms. The van der Waals surface area contributed by atoms with Gasteiger partial charge in [-0.25, -0.2) is 0 Å². The lowest BCUT2D eigenvalue weighted by atomic mass is 9.99. The first-order chi connectivity index (χ1) is 5.33. The number of piperidine rings is 1. The third kappa shape index (κ3) is 3.21. The normalized spacial score (nSPS) is 22.4. The van der Waals surface area contributed by atoms with Crippen LogP contribution in [0.25, 0.3) is 0 Å². The fraction of sp³-hybridized carbons (Fsp3) is 0.889. The highest BCUT2D eigenvalue weighted by molar-refractivity contribution is 4.72. The van der Waals surface area contributed by atoms with Gasteiger partial charge < -0.3 is 10.0 Å². The van der Waals surface area contributed by atoms with Crippen molar-refractivity contribution in [3.63, 3.8) is 0 Å². The van der Waals surface area contributed by atoms with Crippen LogP contribution in [0.2, 0.25) is 0 Å². The van der Waals surface area contributed by atoms with Crippen molar-refractivity contribution in [2.45, 2.75) is 19.3 Å². The zero-order chi connectivity index (χ0) is 8.10. The topological polar surface area (TPSA) is 23.5 Å². The van der Waals surface area contributed by atoms with Gasteiger partial charge in [0.25, 0.3) is 0 Å². The lowest BCUT2D eigenvalue weighted by Gasteiger charge is -2.29. The van der Waals surface area contributed by atoms with Gasteiger partial charge in [-0.05, 0) is 38.3 Å². The van der Waals surface area contributed by atoms with Gasteiger partial charge in [0.1, 0.15) is 0 Å². The van der Waals surface area contributed by atoms with Gasteiger partial charge >= 0.3 is 0 Å². The average Bonchev–Trinajstić information content (AvgIpc) is 2.04. The van der Waals surface area contributed by atoms with E-state index in [1.54, 1.807) is 0 Å². The largest absolute Gasteiger partial charge is 0.396 e. The van der Waals surface area contributed by atoms with Crippen molar-refractivity contribution < 1.29 is 5.11 Å². The van der Waals surface area contributed by atoms with Gasteiger partial charge in [-0.15, -0.1) is 0 Å². The number of hydrogen-bond acceptors (Lipinski definition) is 2. The molecule has 1 rings (SSSR count). The second-order valence-electron chi connectivity index (χ2n) is 3.36. The molecule has 0 unspecified atom stereocenters. The maximum Gasteiger partial charge on any atom is 0.0443 e. The summed E-state index contributed by atoms with van der Waals surface area (Å²) < 4.78 is 0. The third-order valence-electron chi connectivity index (χ3n) is 2.34. The van der Waals surface area contributed by atoms with E-state index in [2.05, 4.69) is 11.8 Å². The number of hydrogen-bond donors (Lipinski definition) is 1. The first kappa shape index (κ1) is 9.01. The van der Waals surface area contributed by atoms with Crippen molar-refractivity contribution in [1.82, 2.24) is 4.90 Å². The summed E-state index contributed by atoms with van der Waals surface area (Å²) in [5, 5.41) is 8.61. The summed E-state index contributed by atoms with van der Waals surface area (Å²) in [6.07, 6.45) is 3.37. The summed E-state index contributed by atoms with van der Waals surface area (Å²) >= 11 is 0. The molecule has 0 aromatic carbocycles. The summed E-state index contributed by atoms with van der Waals surface area (Å²) in [4.78, 5) is 2.41. The molecule has 1 aliphatic rings. The van der Waals surface area contributed by atoms with E-state index in [4.69, 9.17) is 5.11 Å². The summed E-state index contributed by atoms with van der Waals surface area (Å²) in [6.45, 7) is 7.77. The molecule has 2 nitrogen and oxygen atoms in total. The molecule has 0 bridgehead atoms. The van der Waals surface area contributed by atoms with E-state index < -0.39 is 0 Å². The number of aliphatic hydroxyl groups is 1. The lowest BCUT2D eigenvalue weighted by Crippen LogP contribution is -2.33. The van der Waals surface area contributed by atoms with Crippen molar-refractivity contribution in [1.29, 1.82) is 0 Å². The van der Waals surface area contributed by atoms with Crippen molar-refractivity contribution in [3.05, 3.63) is 6.92 Å². The van der Waals surface area contributed by atoms with Gasteiger partial charge in [0, 0.05) is 13.2 Å². The van der Waals surface area contributed by atoms with Crippen LogP contribution in [-0.2, 0) is 0 Å². The van der Waals surface area contributed by atoms with Crippen LogP contribution < -0.4 is 0 Å². The summed E-state index contributed by atoms with van der Waals surface area (Å²) in [6, 6.07) is 0. The Morgan fingerprint density at radius 2 is 2.00 bits per heavy atom. The molecular weight excluding hydrogens is 138 g/mol. The van der Waals surface area contributed by atoms with Gasteiger partial charge in [0.2, 0.25) is 0 Å². The summed E-state index contributed by atoms with van der Waals surface area (Å²) in [7, 11) is 0. The SMILES string of the molecule is [CH2]C1CCN(CCCO)CC1. The molecule has 1 saturated heterocycles. The molecule has 1 radical (unpaired) electrons. The summed E-state index contributed by atoms with van der Waals surface area (Å²) in [5.74, 6) is 0.667. The van der Waals surface area contributed by atoms with Crippen molar-refractivity contribution in [3.8, 4) is 0 Å². The van der Waals surface area contributed by atoms with Gasteiger partial charge in [-0.2, -0.15) is 0 Å². The maximum atomic E-state index is 8.61. The molecule has 0 atom stereocenters. The Balaban J connectivity index is 2.07. The molecular formula is C9H18NO. The van der Waals surface area contributed by atoms with Gasteiger partial charge in [0.05, 0.1) is 0 Å². The zero-order valence-corrected chi connectivity index (χ0v) is 7.13. The Labute approximate surface area is 69.2 Å². The van der Waals surface area contributed by atoms with E-state index in [1.807, 2.05) is 0 Å². The lowest BCUT2D eigenvalue weighted by molar-refractivity contribution is 0.180. The third-order valence-corrected chi connectivity index (χ3v) is 2.34. The second kappa shape index (κ2) is 4.73. The molecule has 65 valence electrons. The van der Waals surface area contributed by atoms with E-state index in [1.165, 1.54) is 25.9 Å². The Morgan fingerprint density at radius 3 is 2.55 bits per heavy atom. The van der Waals surface area contributed by atoms with Crippen LogP contribution in [-0.4, -0.2) is 36.2 Å². The molecule has 2 heteroatoms. The van der Waals surface area contributed by atoms with Crippen LogP contribution >= 0.6 is 0 Å². The fourth-order valence-electron chi connectivity index (χ4n) is 1.50. The van der Waals surface area contributed by atoms with Crippen LogP contribution in [0.3, 0.4) is 0 Å². The zero-order valence-electron chi connectivity index (χ0n) is 7.13. The van der Waals surface area contributed by atoms with Crippen LogP contribution in [0.5, 0.6) is 0 Å². The Kier molecular flexibility index (Phi) is 3.87. The molecule has 0 aromatic heterocycles. The standard InChI is InChI=1S/C9H18NO/c1-9-3-6-10(7-4-9)5-2-8-11/h9,11H,1-8H2. The Hall–Kier alpha value is -0.0800. The molecule has 1 N–H and O–H groups in total. The predicted molar refractivity (Wildman–Crippen MR) is 46.2 cm³/mol. The number of nitrogens with zero attached hydrogens (tertiary/aromatic N) is 1. The van der Waals surface area contributed by atoms with E-state index in [0.717, 1.165) is 13.0 Å². The van der Waals surface area contributed by atoms with Crippen LogP contribution in [0.4, 0.5) is 0 Å². The minimum Gasteiger partial charge on any atom is -0.396 e.